The summed E-state index contributed by atoms with van der Waals surface area (Å²) >= 11 is 1.62. The van der Waals surface area contributed by atoms with Crippen molar-refractivity contribution >= 4 is 27.0 Å². The molecule has 0 aliphatic heterocycles. The molecule has 0 unspecified atom stereocenters. The molecule has 0 saturated carbocycles. The Hall–Kier alpha value is -1.37. The average Bonchev–Trinajstić information content (AvgIpc) is 2.91. The lowest BCUT2D eigenvalue weighted by molar-refractivity contribution is 0.509. The molecule has 4 nitrogen and oxygen atoms in total. The summed E-state index contributed by atoms with van der Waals surface area (Å²) in [6.45, 7) is 6.23. The van der Waals surface area contributed by atoms with Crippen LogP contribution in [0.1, 0.15) is 24.3 Å². The summed E-state index contributed by atoms with van der Waals surface area (Å²) in [6, 6.07) is 8.94. The van der Waals surface area contributed by atoms with Gasteiger partial charge in [-0.1, -0.05) is 26.0 Å². The molecule has 114 valence electrons. The van der Waals surface area contributed by atoms with Gasteiger partial charge in [0.15, 0.2) is 0 Å². The molecule has 2 rings (SSSR count). The molecule has 0 saturated heterocycles. The van der Waals surface area contributed by atoms with Gasteiger partial charge in [0.1, 0.15) is 4.90 Å². The van der Waals surface area contributed by atoms with Gasteiger partial charge >= 0.3 is 0 Å². The monoisotopic (exact) mass is 324 g/mol. The van der Waals surface area contributed by atoms with Gasteiger partial charge in [-0.3, -0.25) is 0 Å². The Kier molecular flexibility index (Phi) is 4.41. The fraction of sp³-hybridized carbons (Fsp3) is 0.333. The number of nitrogens with one attached hydrogen (secondary N) is 1. The smallest absolute Gasteiger partial charge is 0.242 e. The number of hydrogen-bond donors (Lipinski definition) is 2. The number of nitrogen functional groups attached to an aromatic ring is 1. The van der Waals surface area contributed by atoms with E-state index in [4.69, 9.17) is 5.73 Å². The summed E-state index contributed by atoms with van der Waals surface area (Å²) in [6.07, 6.45) is 0. The Labute approximate surface area is 130 Å². The van der Waals surface area contributed by atoms with Gasteiger partial charge in [-0.15, -0.1) is 11.3 Å². The van der Waals surface area contributed by atoms with Gasteiger partial charge in [-0.2, -0.15) is 0 Å². The minimum Gasteiger partial charge on any atom is -0.398 e. The van der Waals surface area contributed by atoms with Gasteiger partial charge in [0.2, 0.25) is 10.0 Å². The van der Waals surface area contributed by atoms with Crippen LogP contribution < -0.4 is 10.5 Å². The number of benzene rings is 1. The van der Waals surface area contributed by atoms with Crippen molar-refractivity contribution in [1.29, 1.82) is 0 Å². The Bertz CT molecular complexity index is 720. The van der Waals surface area contributed by atoms with E-state index in [0.29, 0.717) is 6.54 Å². The Balaban J connectivity index is 2.19. The molecule has 0 aliphatic carbocycles. The van der Waals surface area contributed by atoms with Crippen molar-refractivity contribution < 1.29 is 8.42 Å². The van der Waals surface area contributed by atoms with E-state index in [2.05, 4.69) is 4.72 Å². The first-order chi connectivity index (χ1) is 9.72. The maximum absolute atomic E-state index is 12.4. The standard InChI is InChI=1S/C15H20N2O2S2/c1-11-6-7-13(12(16)9-11)21(18,19)17-10-15(2,3)14-5-4-8-20-14/h4-9,17H,10,16H2,1-3H3. The molecule has 0 fully saturated rings. The summed E-state index contributed by atoms with van der Waals surface area (Å²) in [7, 11) is -3.60. The minimum atomic E-state index is -3.60. The number of hydrogen-bond acceptors (Lipinski definition) is 4. The number of thiophene rings is 1. The highest BCUT2D eigenvalue weighted by Gasteiger charge is 2.25. The second kappa shape index (κ2) is 5.79. The average molecular weight is 324 g/mol. The molecule has 1 aromatic heterocycles. The summed E-state index contributed by atoms with van der Waals surface area (Å²) in [5.41, 5.74) is 6.77. The first-order valence-electron chi connectivity index (χ1n) is 6.62. The van der Waals surface area contributed by atoms with Crippen LogP contribution in [-0.2, 0) is 15.4 Å². The topological polar surface area (TPSA) is 72.2 Å². The van der Waals surface area contributed by atoms with E-state index in [1.165, 1.54) is 0 Å². The predicted octanol–water partition coefficient (Wildman–Crippen LogP) is 2.89. The third-order valence-electron chi connectivity index (χ3n) is 3.35. The van der Waals surface area contributed by atoms with Crippen LogP contribution in [-0.4, -0.2) is 15.0 Å². The van der Waals surface area contributed by atoms with Crippen LogP contribution in [0.25, 0.3) is 0 Å². The summed E-state index contributed by atoms with van der Waals surface area (Å²) in [5, 5.41) is 1.99. The van der Waals surface area contributed by atoms with Crippen molar-refractivity contribution in [3.05, 3.63) is 46.2 Å². The van der Waals surface area contributed by atoms with Crippen LogP contribution in [0.4, 0.5) is 5.69 Å². The van der Waals surface area contributed by atoms with Crippen LogP contribution in [0.15, 0.2) is 40.6 Å². The predicted molar refractivity (Wildman–Crippen MR) is 88.1 cm³/mol. The quantitative estimate of drug-likeness (QED) is 0.831. The van der Waals surface area contributed by atoms with Crippen molar-refractivity contribution in [3.8, 4) is 0 Å². The largest absolute Gasteiger partial charge is 0.398 e. The molecule has 21 heavy (non-hydrogen) atoms. The summed E-state index contributed by atoms with van der Waals surface area (Å²) in [5.74, 6) is 0. The van der Waals surface area contributed by atoms with Crippen LogP contribution in [0.2, 0.25) is 0 Å². The Morgan fingerprint density at radius 3 is 2.57 bits per heavy atom. The van der Waals surface area contributed by atoms with E-state index in [-0.39, 0.29) is 16.0 Å². The maximum atomic E-state index is 12.4. The lowest BCUT2D eigenvalue weighted by atomic mass is 9.92. The van der Waals surface area contributed by atoms with E-state index in [1.54, 1.807) is 29.5 Å². The third-order valence-corrected chi connectivity index (χ3v) is 6.06. The fourth-order valence-corrected chi connectivity index (χ4v) is 4.19. The highest BCUT2D eigenvalue weighted by atomic mass is 32.2. The first kappa shape index (κ1) is 16.0. The first-order valence-corrected chi connectivity index (χ1v) is 8.98. The lowest BCUT2D eigenvalue weighted by Crippen LogP contribution is -2.36. The van der Waals surface area contributed by atoms with Gasteiger partial charge in [0.25, 0.3) is 0 Å². The molecular weight excluding hydrogens is 304 g/mol. The second-order valence-electron chi connectivity index (χ2n) is 5.73. The molecule has 0 amide bonds. The number of nitrogens with two attached hydrogens (primary N) is 1. The number of aryl methyl sites for hydroxylation is 1. The Morgan fingerprint density at radius 1 is 1.29 bits per heavy atom. The maximum Gasteiger partial charge on any atom is 0.242 e. The van der Waals surface area contributed by atoms with Crippen molar-refractivity contribution in [1.82, 2.24) is 4.72 Å². The molecule has 0 radical (unpaired) electrons. The molecule has 1 aromatic carbocycles. The molecular formula is C15H20N2O2S2. The van der Waals surface area contributed by atoms with Crippen molar-refractivity contribution in [3.63, 3.8) is 0 Å². The number of sulfonamides is 1. The van der Waals surface area contributed by atoms with Crippen LogP contribution >= 0.6 is 11.3 Å². The van der Waals surface area contributed by atoms with Crippen molar-refractivity contribution in [2.45, 2.75) is 31.1 Å². The molecule has 2 aromatic rings. The Morgan fingerprint density at radius 2 is 2.00 bits per heavy atom. The number of rotatable bonds is 5. The van der Waals surface area contributed by atoms with Crippen LogP contribution in [0.5, 0.6) is 0 Å². The van der Waals surface area contributed by atoms with Crippen LogP contribution in [0, 0.1) is 6.92 Å². The molecule has 6 heteroatoms. The van der Waals surface area contributed by atoms with Crippen molar-refractivity contribution in [2.24, 2.45) is 0 Å². The highest BCUT2D eigenvalue weighted by Crippen LogP contribution is 2.27. The molecule has 0 bridgehead atoms. The van der Waals surface area contributed by atoms with Gasteiger partial charge in [0.05, 0.1) is 5.69 Å². The van der Waals surface area contributed by atoms with Crippen LogP contribution in [0.3, 0.4) is 0 Å². The zero-order valence-electron chi connectivity index (χ0n) is 12.4. The van der Waals surface area contributed by atoms with E-state index in [0.717, 1.165) is 10.4 Å². The minimum absolute atomic E-state index is 0.134. The highest BCUT2D eigenvalue weighted by molar-refractivity contribution is 7.89. The van der Waals surface area contributed by atoms with Crippen molar-refractivity contribution in [2.75, 3.05) is 12.3 Å². The van der Waals surface area contributed by atoms with Gasteiger partial charge < -0.3 is 5.73 Å². The van der Waals surface area contributed by atoms with E-state index < -0.39 is 10.0 Å². The molecule has 0 atom stereocenters. The second-order valence-corrected chi connectivity index (χ2v) is 8.41. The lowest BCUT2D eigenvalue weighted by Gasteiger charge is -2.23. The van der Waals surface area contributed by atoms with Gasteiger partial charge in [0, 0.05) is 16.8 Å². The summed E-state index contributed by atoms with van der Waals surface area (Å²) < 4.78 is 27.4. The zero-order valence-corrected chi connectivity index (χ0v) is 14.0. The van der Waals surface area contributed by atoms with Gasteiger partial charge in [-0.25, -0.2) is 13.1 Å². The molecule has 0 aliphatic rings. The molecule has 3 N–H and O–H groups in total. The van der Waals surface area contributed by atoms with E-state index in [9.17, 15) is 8.42 Å². The van der Waals surface area contributed by atoms with Gasteiger partial charge in [-0.05, 0) is 36.1 Å². The summed E-state index contributed by atoms with van der Waals surface area (Å²) in [4.78, 5) is 1.28. The number of anilines is 1. The SMILES string of the molecule is Cc1ccc(S(=O)(=O)NCC(C)(C)c2cccs2)c(N)c1. The molecule has 1 heterocycles. The zero-order chi connectivity index (χ0) is 15.7. The normalized spacial score (nSPS) is 12.5. The fourth-order valence-electron chi connectivity index (χ4n) is 2.02. The molecule has 0 spiro atoms. The van der Waals surface area contributed by atoms with E-state index >= 15 is 0 Å². The van der Waals surface area contributed by atoms with E-state index in [1.807, 2.05) is 38.3 Å². The third kappa shape index (κ3) is 3.64.